The maximum Gasteiger partial charge on any atom is 0.263 e. The van der Waals surface area contributed by atoms with Gasteiger partial charge in [-0.15, -0.1) is 0 Å². The standard InChI is InChI=1S/C6H10F2/c1-3-4-5-6(2,7)8/h4-5H,3H2,1-2H3/b5-4-. The summed E-state index contributed by atoms with van der Waals surface area (Å²) in [7, 11) is 0. The zero-order valence-corrected chi connectivity index (χ0v) is 5.12. The van der Waals surface area contributed by atoms with Crippen molar-refractivity contribution >= 4 is 0 Å². The predicted molar refractivity (Wildman–Crippen MR) is 30.1 cm³/mol. The van der Waals surface area contributed by atoms with E-state index in [0.29, 0.717) is 6.42 Å². The second-order valence-corrected chi connectivity index (χ2v) is 1.77. The molecule has 0 nitrogen and oxygen atoms in total. The lowest BCUT2D eigenvalue weighted by atomic mass is 10.3. The van der Waals surface area contributed by atoms with Gasteiger partial charge >= 0.3 is 0 Å². The minimum Gasteiger partial charge on any atom is -0.202 e. The van der Waals surface area contributed by atoms with Gasteiger partial charge in [-0.1, -0.05) is 13.0 Å². The molecule has 0 fully saturated rings. The molecule has 0 amide bonds. The van der Waals surface area contributed by atoms with Gasteiger partial charge in [0.2, 0.25) is 0 Å². The highest BCUT2D eigenvalue weighted by Crippen LogP contribution is 2.12. The Morgan fingerprint density at radius 2 is 2.00 bits per heavy atom. The number of halogens is 2. The van der Waals surface area contributed by atoms with Gasteiger partial charge in [0, 0.05) is 6.92 Å². The molecule has 0 rings (SSSR count). The van der Waals surface area contributed by atoms with E-state index in [0.717, 1.165) is 13.0 Å². The van der Waals surface area contributed by atoms with Crippen molar-refractivity contribution in [2.75, 3.05) is 0 Å². The third kappa shape index (κ3) is 5.60. The van der Waals surface area contributed by atoms with E-state index < -0.39 is 5.92 Å². The number of allylic oxidation sites excluding steroid dienone is 2. The first-order valence-corrected chi connectivity index (χ1v) is 2.62. The van der Waals surface area contributed by atoms with Crippen LogP contribution >= 0.6 is 0 Å². The Bertz CT molecular complexity index is 79.0. The second kappa shape index (κ2) is 2.80. The lowest BCUT2D eigenvalue weighted by molar-refractivity contribution is 0.0772. The smallest absolute Gasteiger partial charge is 0.202 e. The average molecular weight is 120 g/mol. The van der Waals surface area contributed by atoms with Gasteiger partial charge in [0.15, 0.2) is 0 Å². The van der Waals surface area contributed by atoms with E-state index in [1.165, 1.54) is 6.08 Å². The summed E-state index contributed by atoms with van der Waals surface area (Å²) in [6, 6.07) is 0. The lowest BCUT2D eigenvalue weighted by Crippen LogP contribution is -2.02. The van der Waals surface area contributed by atoms with Gasteiger partial charge in [0.05, 0.1) is 0 Å². The highest BCUT2D eigenvalue weighted by molar-refractivity contribution is 4.90. The molecule has 0 heterocycles. The van der Waals surface area contributed by atoms with E-state index in [2.05, 4.69) is 0 Å². The van der Waals surface area contributed by atoms with Crippen LogP contribution in [0.5, 0.6) is 0 Å². The Kier molecular flexibility index (Phi) is 2.66. The maximum absolute atomic E-state index is 11.8. The Morgan fingerprint density at radius 3 is 2.12 bits per heavy atom. The van der Waals surface area contributed by atoms with Crippen molar-refractivity contribution in [2.24, 2.45) is 0 Å². The van der Waals surface area contributed by atoms with Crippen LogP contribution in [0.15, 0.2) is 12.2 Å². The van der Waals surface area contributed by atoms with E-state index in [9.17, 15) is 8.78 Å². The van der Waals surface area contributed by atoms with Crippen molar-refractivity contribution in [1.29, 1.82) is 0 Å². The molecular weight excluding hydrogens is 110 g/mol. The quantitative estimate of drug-likeness (QED) is 0.491. The largest absolute Gasteiger partial charge is 0.263 e. The molecule has 0 unspecified atom stereocenters. The van der Waals surface area contributed by atoms with Crippen LogP contribution in [0.1, 0.15) is 20.3 Å². The molecule has 0 aliphatic carbocycles. The molecule has 0 aliphatic rings. The Hall–Kier alpha value is -0.400. The molecule has 0 aromatic rings. The molecule has 0 saturated carbocycles. The van der Waals surface area contributed by atoms with Crippen LogP contribution < -0.4 is 0 Å². The number of alkyl halides is 2. The molecule has 48 valence electrons. The molecule has 0 saturated heterocycles. The highest BCUT2D eigenvalue weighted by Gasteiger charge is 2.13. The minimum atomic E-state index is -2.63. The molecule has 0 atom stereocenters. The van der Waals surface area contributed by atoms with Crippen LogP contribution in [0.2, 0.25) is 0 Å². The third-order valence-corrected chi connectivity index (χ3v) is 0.646. The van der Waals surface area contributed by atoms with Crippen LogP contribution in [0, 0.1) is 0 Å². The Labute approximate surface area is 48.2 Å². The van der Waals surface area contributed by atoms with E-state index in [1.54, 1.807) is 0 Å². The third-order valence-electron chi connectivity index (χ3n) is 0.646. The molecular formula is C6H10F2. The predicted octanol–water partition coefficient (Wildman–Crippen LogP) is 2.61. The van der Waals surface area contributed by atoms with Crippen LogP contribution in [0.3, 0.4) is 0 Å². The zero-order valence-electron chi connectivity index (χ0n) is 5.12. The van der Waals surface area contributed by atoms with E-state index >= 15 is 0 Å². The van der Waals surface area contributed by atoms with Gasteiger partial charge in [-0.25, -0.2) is 8.78 Å². The lowest BCUT2D eigenvalue weighted by Gasteiger charge is -1.99. The van der Waals surface area contributed by atoms with Crippen molar-refractivity contribution in [3.8, 4) is 0 Å². The zero-order chi connectivity index (χ0) is 6.62. The van der Waals surface area contributed by atoms with Crippen molar-refractivity contribution in [1.82, 2.24) is 0 Å². The summed E-state index contributed by atoms with van der Waals surface area (Å²) < 4.78 is 23.6. The first kappa shape index (κ1) is 7.60. The topological polar surface area (TPSA) is 0 Å². The summed E-state index contributed by atoms with van der Waals surface area (Å²) in [5, 5.41) is 0. The molecule has 0 N–H and O–H groups in total. The van der Waals surface area contributed by atoms with Gasteiger partial charge in [-0.05, 0) is 12.5 Å². The molecule has 0 aromatic carbocycles. The van der Waals surface area contributed by atoms with E-state index in [4.69, 9.17) is 0 Å². The molecule has 0 radical (unpaired) electrons. The SMILES string of the molecule is CC/C=C\C(C)(F)F. The maximum atomic E-state index is 11.8. The van der Waals surface area contributed by atoms with Gasteiger partial charge < -0.3 is 0 Å². The average Bonchev–Trinajstić information content (AvgIpc) is 1.59. The molecule has 0 spiro atoms. The first-order valence-electron chi connectivity index (χ1n) is 2.62. The number of hydrogen-bond donors (Lipinski definition) is 0. The molecule has 0 bridgehead atoms. The second-order valence-electron chi connectivity index (χ2n) is 1.77. The van der Waals surface area contributed by atoms with Gasteiger partial charge in [0.1, 0.15) is 0 Å². The summed E-state index contributed by atoms with van der Waals surface area (Å²) in [6.07, 6.45) is 3.04. The Morgan fingerprint density at radius 1 is 1.50 bits per heavy atom. The molecule has 0 aliphatic heterocycles. The van der Waals surface area contributed by atoms with Crippen molar-refractivity contribution in [3.05, 3.63) is 12.2 Å². The van der Waals surface area contributed by atoms with Crippen LogP contribution in [0.25, 0.3) is 0 Å². The summed E-state index contributed by atoms with van der Waals surface area (Å²) in [5.74, 6) is -2.63. The van der Waals surface area contributed by atoms with E-state index in [1.807, 2.05) is 6.92 Å². The van der Waals surface area contributed by atoms with Crippen molar-refractivity contribution in [3.63, 3.8) is 0 Å². The van der Waals surface area contributed by atoms with E-state index in [-0.39, 0.29) is 0 Å². The van der Waals surface area contributed by atoms with Crippen molar-refractivity contribution < 1.29 is 8.78 Å². The summed E-state index contributed by atoms with van der Waals surface area (Å²) >= 11 is 0. The van der Waals surface area contributed by atoms with Gasteiger partial charge in [-0.2, -0.15) is 0 Å². The summed E-state index contributed by atoms with van der Waals surface area (Å²) in [4.78, 5) is 0. The fraction of sp³-hybridized carbons (Fsp3) is 0.667. The fourth-order valence-corrected chi connectivity index (χ4v) is 0.325. The normalized spacial score (nSPS) is 13.0. The summed E-state index contributed by atoms with van der Waals surface area (Å²) in [6.45, 7) is 2.70. The van der Waals surface area contributed by atoms with Crippen LogP contribution in [0.4, 0.5) is 8.78 Å². The fourth-order valence-electron chi connectivity index (χ4n) is 0.325. The molecule has 2 heteroatoms. The van der Waals surface area contributed by atoms with Gasteiger partial charge in [0.25, 0.3) is 5.92 Å². The number of hydrogen-bond acceptors (Lipinski definition) is 0. The highest BCUT2D eigenvalue weighted by atomic mass is 19.3. The Balaban J connectivity index is 3.52. The first-order chi connectivity index (χ1) is 3.56. The van der Waals surface area contributed by atoms with Crippen molar-refractivity contribution in [2.45, 2.75) is 26.2 Å². The monoisotopic (exact) mass is 120 g/mol. The minimum absolute atomic E-state index is 0.670. The molecule has 8 heavy (non-hydrogen) atoms. The van der Waals surface area contributed by atoms with Crippen LogP contribution in [-0.4, -0.2) is 5.92 Å². The van der Waals surface area contributed by atoms with Gasteiger partial charge in [-0.3, -0.25) is 0 Å². The molecule has 0 aromatic heterocycles. The summed E-state index contributed by atoms with van der Waals surface area (Å²) in [5.41, 5.74) is 0. The van der Waals surface area contributed by atoms with Crippen LogP contribution in [-0.2, 0) is 0 Å². The number of rotatable bonds is 2.